The number of carbonyl (C=O) groups excluding carboxylic acids is 1. The Balaban J connectivity index is 1.53. The van der Waals surface area contributed by atoms with Gasteiger partial charge in [0.25, 0.3) is 5.91 Å². The van der Waals surface area contributed by atoms with Gasteiger partial charge in [-0.2, -0.15) is 0 Å². The van der Waals surface area contributed by atoms with Gasteiger partial charge < -0.3 is 15.0 Å². The van der Waals surface area contributed by atoms with Crippen molar-refractivity contribution in [2.45, 2.75) is 51.2 Å². The number of nitrogens with one attached hydrogen (secondary N) is 1. The number of hydrogen-bond acceptors (Lipinski definition) is 4. The monoisotopic (exact) mass is 498 g/mol. The number of benzene rings is 3. The van der Waals surface area contributed by atoms with E-state index in [1.165, 1.54) is 10.1 Å². The van der Waals surface area contributed by atoms with Crippen LogP contribution < -0.4 is 10.1 Å². The normalized spacial score (nSPS) is 17.8. The molecule has 1 saturated carbocycles. The summed E-state index contributed by atoms with van der Waals surface area (Å²) in [7, 11) is 3.75. The van der Waals surface area contributed by atoms with Crippen molar-refractivity contribution in [1.29, 1.82) is 0 Å². The van der Waals surface area contributed by atoms with Crippen molar-refractivity contribution in [2.75, 3.05) is 14.2 Å². The van der Waals surface area contributed by atoms with Crippen LogP contribution in [0, 0.1) is 6.92 Å². The van der Waals surface area contributed by atoms with Gasteiger partial charge in [-0.3, -0.25) is 4.79 Å². The van der Waals surface area contributed by atoms with E-state index in [-0.39, 0.29) is 11.9 Å². The third kappa shape index (κ3) is 4.91. The number of hydrogen-bond donors (Lipinski definition) is 1. The average molecular weight is 499 g/mol. The van der Waals surface area contributed by atoms with Crippen LogP contribution in [0.5, 0.6) is 5.75 Å². The van der Waals surface area contributed by atoms with E-state index in [1.54, 1.807) is 18.4 Å². The van der Waals surface area contributed by atoms with Crippen LogP contribution in [-0.4, -0.2) is 37.0 Å². The Hall–Kier alpha value is -3.15. The Bertz CT molecular complexity index is 1340. The zero-order chi connectivity index (χ0) is 25.1. The molecule has 36 heavy (non-hydrogen) atoms. The molecule has 0 saturated heterocycles. The molecule has 0 spiro atoms. The van der Waals surface area contributed by atoms with Gasteiger partial charge in [0, 0.05) is 28.9 Å². The molecule has 1 aliphatic rings. The molecule has 1 N–H and O–H groups in total. The fraction of sp³-hybridized carbons (Fsp3) is 0.323. The molecule has 0 aliphatic heterocycles. The quantitative estimate of drug-likeness (QED) is 0.297. The Labute approximate surface area is 217 Å². The summed E-state index contributed by atoms with van der Waals surface area (Å²) in [4.78, 5) is 17.2. The maximum absolute atomic E-state index is 14.2. The lowest BCUT2D eigenvalue weighted by Crippen LogP contribution is -2.44. The zero-order valence-electron chi connectivity index (χ0n) is 21.3. The molecule has 0 atom stereocenters. The summed E-state index contributed by atoms with van der Waals surface area (Å²) < 4.78 is 6.94. The zero-order valence-corrected chi connectivity index (χ0v) is 22.1. The second kappa shape index (κ2) is 10.9. The lowest BCUT2D eigenvalue weighted by Gasteiger charge is -2.37. The first-order valence-electron chi connectivity index (χ1n) is 12.8. The third-order valence-electron chi connectivity index (χ3n) is 7.57. The van der Waals surface area contributed by atoms with Crippen LogP contribution in [0.15, 0.2) is 72.8 Å². The van der Waals surface area contributed by atoms with Gasteiger partial charge in [0.15, 0.2) is 0 Å². The van der Waals surface area contributed by atoms with Crippen molar-refractivity contribution < 1.29 is 9.53 Å². The third-order valence-corrected chi connectivity index (χ3v) is 8.83. The summed E-state index contributed by atoms with van der Waals surface area (Å²) in [6, 6.07) is 25.7. The summed E-state index contributed by atoms with van der Waals surface area (Å²) in [6.07, 6.45) is 4.17. The molecule has 4 aromatic rings. The van der Waals surface area contributed by atoms with E-state index < -0.39 is 0 Å². The molecule has 3 aromatic carbocycles. The molecule has 5 rings (SSSR count). The summed E-state index contributed by atoms with van der Waals surface area (Å²) in [5.41, 5.74) is 4.42. The van der Waals surface area contributed by atoms with E-state index in [0.717, 1.165) is 58.6 Å². The molecule has 1 amide bonds. The van der Waals surface area contributed by atoms with Gasteiger partial charge in [-0.05, 0) is 79.9 Å². The van der Waals surface area contributed by atoms with Crippen LogP contribution in [0.1, 0.15) is 46.5 Å². The Morgan fingerprint density at radius 1 is 0.972 bits per heavy atom. The smallest absolute Gasteiger partial charge is 0.264 e. The first-order chi connectivity index (χ1) is 17.6. The highest BCUT2D eigenvalue weighted by Gasteiger charge is 2.31. The number of ether oxygens (including phenoxy) is 1. The molecule has 0 radical (unpaired) electrons. The minimum atomic E-state index is 0.133. The molecule has 1 aliphatic carbocycles. The van der Waals surface area contributed by atoms with Gasteiger partial charge >= 0.3 is 0 Å². The molecule has 1 aromatic heterocycles. The molecule has 0 unspecified atom stereocenters. The highest BCUT2D eigenvalue weighted by Crippen LogP contribution is 2.35. The lowest BCUT2D eigenvalue weighted by molar-refractivity contribution is 0.0604. The lowest BCUT2D eigenvalue weighted by atomic mass is 9.89. The second-order valence-corrected chi connectivity index (χ2v) is 10.7. The number of carbonyl (C=O) groups is 1. The predicted molar refractivity (Wildman–Crippen MR) is 150 cm³/mol. The number of amides is 1. The van der Waals surface area contributed by atoms with Crippen LogP contribution >= 0.6 is 11.3 Å². The van der Waals surface area contributed by atoms with Crippen LogP contribution in [0.25, 0.3) is 21.2 Å². The topological polar surface area (TPSA) is 41.6 Å². The molecule has 4 nitrogen and oxygen atoms in total. The maximum atomic E-state index is 14.2. The summed E-state index contributed by atoms with van der Waals surface area (Å²) >= 11 is 1.62. The Morgan fingerprint density at radius 3 is 2.39 bits per heavy atom. The van der Waals surface area contributed by atoms with E-state index in [4.69, 9.17) is 4.74 Å². The van der Waals surface area contributed by atoms with Gasteiger partial charge in [-0.25, -0.2) is 0 Å². The Morgan fingerprint density at radius 2 is 1.69 bits per heavy atom. The van der Waals surface area contributed by atoms with Gasteiger partial charge in [0.2, 0.25) is 0 Å². The average Bonchev–Trinajstić information content (AvgIpc) is 3.28. The van der Waals surface area contributed by atoms with Crippen molar-refractivity contribution in [3.63, 3.8) is 0 Å². The summed E-state index contributed by atoms with van der Waals surface area (Å²) in [5, 5.41) is 4.60. The van der Waals surface area contributed by atoms with Gasteiger partial charge in [-0.1, -0.05) is 54.6 Å². The molecule has 1 fully saturated rings. The number of fused-ring (bicyclic) bond motifs is 1. The van der Waals surface area contributed by atoms with Crippen molar-refractivity contribution in [3.05, 3.63) is 88.8 Å². The molecule has 1 heterocycles. The van der Waals surface area contributed by atoms with Gasteiger partial charge in [-0.15, -0.1) is 11.3 Å². The maximum Gasteiger partial charge on any atom is 0.264 e. The fourth-order valence-electron chi connectivity index (χ4n) is 5.45. The number of thiophene rings is 1. The summed E-state index contributed by atoms with van der Waals surface area (Å²) in [6.45, 7) is 2.62. The Kier molecular flexibility index (Phi) is 7.40. The van der Waals surface area contributed by atoms with Crippen molar-refractivity contribution >= 4 is 27.3 Å². The molecular formula is C31H34N2O2S. The van der Waals surface area contributed by atoms with E-state index >= 15 is 0 Å². The van der Waals surface area contributed by atoms with E-state index in [1.807, 2.05) is 31.3 Å². The predicted octanol–water partition coefficient (Wildman–Crippen LogP) is 7.06. The molecule has 0 bridgehead atoms. The van der Waals surface area contributed by atoms with Gasteiger partial charge in [0.1, 0.15) is 5.75 Å². The second-order valence-electron chi connectivity index (χ2n) is 9.67. The number of aryl methyl sites for hydroxylation is 1. The van der Waals surface area contributed by atoms with Crippen LogP contribution in [0.2, 0.25) is 0 Å². The van der Waals surface area contributed by atoms with E-state index in [0.29, 0.717) is 12.6 Å². The van der Waals surface area contributed by atoms with Crippen molar-refractivity contribution in [2.24, 2.45) is 0 Å². The minimum absolute atomic E-state index is 0.133. The minimum Gasteiger partial charge on any atom is -0.496 e. The van der Waals surface area contributed by atoms with Crippen molar-refractivity contribution in [1.82, 2.24) is 10.2 Å². The first kappa shape index (κ1) is 24.5. The van der Waals surface area contributed by atoms with Crippen LogP contribution in [0.3, 0.4) is 0 Å². The van der Waals surface area contributed by atoms with Crippen molar-refractivity contribution in [3.8, 4) is 16.9 Å². The largest absolute Gasteiger partial charge is 0.496 e. The fourth-order valence-corrected chi connectivity index (χ4v) is 6.61. The highest BCUT2D eigenvalue weighted by molar-refractivity contribution is 7.21. The number of methoxy groups -OCH3 is 1. The SMILES string of the molecule is CNC1CCC(N(Cc2cc(-c3ccccc3)ccc2OC)C(=O)c2sc3ccccc3c2C)CC1. The van der Waals surface area contributed by atoms with Crippen LogP contribution in [-0.2, 0) is 6.54 Å². The molecular weight excluding hydrogens is 464 g/mol. The first-order valence-corrected chi connectivity index (χ1v) is 13.6. The molecule has 5 heteroatoms. The molecule has 186 valence electrons. The van der Waals surface area contributed by atoms with E-state index in [2.05, 4.69) is 65.7 Å². The van der Waals surface area contributed by atoms with Gasteiger partial charge in [0.05, 0.1) is 12.0 Å². The number of nitrogens with zero attached hydrogens (tertiary/aromatic N) is 1. The number of rotatable bonds is 7. The van der Waals surface area contributed by atoms with Crippen LogP contribution in [0.4, 0.5) is 0 Å². The summed E-state index contributed by atoms with van der Waals surface area (Å²) in [5.74, 6) is 0.957. The standard InChI is InChI=1S/C31H34N2O2S/c1-21-27-11-7-8-12-29(27)36-30(21)31(34)33(26-16-14-25(32-2)15-17-26)20-24-19-23(13-18-28(24)35-3)22-9-5-4-6-10-22/h4-13,18-19,25-26,32H,14-17,20H2,1-3H3. The highest BCUT2D eigenvalue weighted by atomic mass is 32.1. The van der Waals surface area contributed by atoms with E-state index in [9.17, 15) is 4.79 Å².